The number of nitrogens with one attached hydrogen (secondary N) is 1. The van der Waals surface area contributed by atoms with Crippen molar-refractivity contribution in [3.05, 3.63) is 94.3 Å². The van der Waals surface area contributed by atoms with Gasteiger partial charge in [0.25, 0.3) is 0 Å². The van der Waals surface area contributed by atoms with Crippen LogP contribution in [0.2, 0.25) is 5.02 Å². The van der Waals surface area contributed by atoms with Crippen LogP contribution in [-0.2, 0) is 21.0 Å². The monoisotopic (exact) mass is 505 g/mol. The lowest BCUT2D eigenvalue weighted by Gasteiger charge is -2.13. The molecule has 0 radical (unpaired) electrons. The number of ether oxygens (including phenoxy) is 1. The molecule has 0 aliphatic carbocycles. The smallest absolute Gasteiger partial charge is 0.341 e. The summed E-state index contributed by atoms with van der Waals surface area (Å²) in [6, 6.07) is 16.4. The number of rotatable bonds is 10. The Morgan fingerprint density at radius 2 is 1.79 bits per heavy atom. The summed E-state index contributed by atoms with van der Waals surface area (Å²) in [7, 11) is -3.96. The summed E-state index contributed by atoms with van der Waals surface area (Å²) in [4.78, 5) is 11.5. The maximum atomic E-state index is 14.3. The van der Waals surface area contributed by atoms with Gasteiger partial charge in [0.2, 0.25) is 9.84 Å². The molecule has 0 aliphatic rings. The second kappa shape index (κ2) is 11.6. The fraction of sp³-hybridized carbons (Fsp3) is 0.240. The Morgan fingerprint density at radius 3 is 2.44 bits per heavy atom. The number of carbonyl (C=O) groups is 1. The third kappa shape index (κ3) is 6.42. The van der Waals surface area contributed by atoms with Gasteiger partial charge in [0.1, 0.15) is 5.82 Å². The van der Waals surface area contributed by atoms with E-state index in [2.05, 4.69) is 5.32 Å². The van der Waals surface area contributed by atoms with Gasteiger partial charge >= 0.3 is 5.97 Å². The molecule has 0 saturated carbocycles. The van der Waals surface area contributed by atoms with Gasteiger partial charge in [0.05, 0.1) is 28.1 Å². The zero-order valence-corrected chi connectivity index (χ0v) is 20.1. The molecule has 0 aromatic heterocycles. The zero-order chi connectivity index (χ0) is 24.7. The first-order valence-electron chi connectivity index (χ1n) is 10.7. The normalized spacial score (nSPS) is 12.4. The molecule has 0 bridgehead atoms. The lowest BCUT2D eigenvalue weighted by Crippen LogP contribution is -2.23. The Labute approximate surface area is 203 Å². The highest BCUT2D eigenvalue weighted by atomic mass is 35.5. The summed E-state index contributed by atoms with van der Waals surface area (Å²) in [5.41, 5.74) is 1.30. The van der Waals surface area contributed by atoms with Gasteiger partial charge in [-0.25, -0.2) is 17.6 Å². The maximum absolute atomic E-state index is 14.3. The zero-order valence-electron chi connectivity index (χ0n) is 18.5. The Kier molecular flexibility index (Phi) is 8.79. The molecule has 0 fully saturated rings. The van der Waals surface area contributed by atoms with E-state index in [1.54, 1.807) is 43.3 Å². The van der Waals surface area contributed by atoms with Crippen molar-refractivity contribution in [2.45, 2.75) is 29.2 Å². The molecular weight excluding hydrogens is 481 g/mol. The second-order valence-corrected chi connectivity index (χ2v) is 9.92. The van der Waals surface area contributed by atoms with Gasteiger partial charge in [-0.3, -0.25) is 0 Å². The summed E-state index contributed by atoms with van der Waals surface area (Å²) < 4.78 is 44.8. The molecule has 0 amide bonds. The molecule has 2 N–H and O–H groups in total. The summed E-state index contributed by atoms with van der Waals surface area (Å²) in [5, 5.41) is 14.0. The fourth-order valence-electron chi connectivity index (χ4n) is 3.31. The average molecular weight is 506 g/mol. The van der Waals surface area contributed by atoms with Crippen LogP contribution in [0.4, 0.5) is 4.39 Å². The topological polar surface area (TPSA) is 92.7 Å². The Hall–Kier alpha value is -2.78. The van der Waals surface area contributed by atoms with Crippen molar-refractivity contribution in [2.24, 2.45) is 0 Å². The summed E-state index contributed by atoms with van der Waals surface area (Å²) in [5.74, 6) is -1.80. The third-order valence-electron chi connectivity index (χ3n) is 5.14. The number of carbonyl (C=O) groups excluding carboxylic acids is 1. The quantitative estimate of drug-likeness (QED) is 0.314. The molecule has 3 aromatic carbocycles. The van der Waals surface area contributed by atoms with E-state index in [1.807, 2.05) is 0 Å². The van der Waals surface area contributed by atoms with Crippen LogP contribution < -0.4 is 5.32 Å². The van der Waals surface area contributed by atoms with Gasteiger partial charge in [-0.1, -0.05) is 35.9 Å². The van der Waals surface area contributed by atoms with Crippen LogP contribution >= 0.6 is 11.6 Å². The van der Waals surface area contributed by atoms with Crippen molar-refractivity contribution in [3.63, 3.8) is 0 Å². The predicted molar refractivity (Wildman–Crippen MR) is 127 cm³/mol. The van der Waals surface area contributed by atoms with Crippen LogP contribution in [0.25, 0.3) is 0 Å². The minimum Gasteiger partial charge on any atom is -0.462 e. The van der Waals surface area contributed by atoms with Gasteiger partial charge < -0.3 is 15.2 Å². The van der Waals surface area contributed by atoms with Crippen LogP contribution in [0.5, 0.6) is 0 Å². The van der Waals surface area contributed by atoms with Gasteiger partial charge in [-0.05, 0) is 73.5 Å². The molecule has 3 rings (SSSR count). The van der Waals surface area contributed by atoms with Gasteiger partial charge in [0, 0.05) is 11.6 Å². The highest BCUT2D eigenvalue weighted by molar-refractivity contribution is 7.91. The van der Waals surface area contributed by atoms with E-state index in [9.17, 15) is 22.7 Å². The Bertz CT molecular complexity index is 1250. The van der Waals surface area contributed by atoms with Crippen molar-refractivity contribution >= 4 is 27.4 Å². The van der Waals surface area contributed by atoms with E-state index < -0.39 is 27.7 Å². The second-order valence-electron chi connectivity index (χ2n) is 7.53. The highest BCUT2D eigenvalue weighted by Crippen LogP contribution is 2.24. The summed E-state index contributed by atoms with van der Waals surface area (Å²) >= 11 is 5.94. The standard InChI is InChI=1S/C25H25ClFNO5S/c1-2-33-25(30)22-11-10-21(15-23(22)27)34(31,32)20-8-6-17(7-9-20)12-13-28-16-24(29)18-4-3-5-19(26)14-18/h3-11,14-15,24,28-29H,2,12-13,16H2,1H3/t24-/m0/s1. The van der Waals surface area contributed by atoms with E-state index >= 15 is 0 Å². The number of halogens is 2. The molecule has 3 aromatic rings. The van der Waals surface area contributed by atoms with Gasteiger partial charge in [-0.15, -0.1) is 0 Å². The van der Waals surface area contributed by atoms with Crippen LogP contribution in [-0.4, -0.2) is 39.2 Å². The van der Waals surface area contributed by atoms with Crippen molar-refractivity contribution in [1.82, 2.24) is 5.32 Å². The molecule has 0 spiro atoms. The first-order chi connectivity index (χ1) is 16.2. The van der Waals surface area contributed by atoms with Crippen molar-refractivity contribution in [2.75, 3.05) is 19.7 Å². The number of hydrogen-bond acceptors (Lipinski definition) is 6. The van der Waals surface area contributed by atoms with Crippen molar-refractivity contribution in [1.29, 1.82) is 0 Å². The lowest BCUT2D eigenvalue weighted by atomic mass is 10.1. The fourth-order valence-corrected chi connectivity index (χ4v) is 4.78. The molecule has 0 unspecified atom stereocenters. The number of aliphatic hydroxyl groups is 1. The van der Waals surface area contributed by atoms with E-state index in [0.717, 1.165) is 23.3 Å². The minimum absolute atomic E-state index is 0.0175. The van der Waals surface area contributed by atoms with E-state index in [1.165, 1.54) is 18.2 Å². The van der Waals surface area contributed by atoms with E-state index in [0.29, 0.717) is 24.5 Å². The molecule has 6 nitrogen and oxygen atoms in total. The SMILES string of the molecule is CCOC(=O)c1ccc(S(=O)(=O)c2ccc(CCNC[C@H](O)c3cccc(Cl)c3)cc2)cc1F. The van der Waals surface area contributed by atoms with Crippen LogP contribution in [0.1, 0.15) is 34.5 Å². The van der Waals surface area contributed by atoms with Crippen LogP contribution in [0, 0.1) is 5.82 Å². The molecule has 180 valence electrons. The van der Waals surface area contributed by atoms with E-state index in [-0.39, 0.29) is 22.0 Å². The number of aliphatic hydroxyl groups excluding tert-OH is 1. The summed E-state index contributed by atoms with van der Waals surface area (Å²) in [6.45, 7) is 2.60. The average Bonchev–Trinajstić information content (AvgIpc) is 2.82. The highest BCUT2D eigenvalue weighted by Gasteiger charge is 2.21. The number of esters is 1. The van der Waals surface area contributed by atoms with E-state index in [4.69, 9.17) is 16.3 Å². The maximum Gasteiger partial charge on any atom is 0.341 e. The Morgan fingerprint density at radius 1 is 1.09 bits per heavy atom. The predicted octanol–water partition coefficient (Wildman–Crippen LogP) is 4.35. The molecule has 0 saturated heterocycles. The molecule has 0 heterocycles. The number of benzene rings is 3. The third-order valence-corrected chi connectivity index (χ3v) is 7.14. The molecule has 1 atom stereocenters. The van der Waals surface area contributed by atoms with Gasteiger partial charge in [-0.2, -0.15) is 0 Å². The molecule has 34 heavy (non-hydrogen) atoms. The molecular formula is C25H25ClFNO5S. The minimum atomic E-state index is -3.96. The van der Waals surface area contributed by atoms with Gasteiger partial charge in [0.15, 0.2) is 0 Å². The first kappa shape index (κ1) is 25.8. The van der Waals surface area contributed by atoms with Crippen LogP contribution in [0.15, 0.2) is 76.5 Å². The number of sulfone groups is 1. The summed E-state index contributed by atoms with van der Waals surface area (Å²) in [6.07, 6.45) is -0.0762. The van der Waals surface area contributed by atoms with Crippen molar-refractivity contribution in [3.8, 4) is 0 Å². The molecule has 9 heteroatoms. The first-order valence-corrected chi connectivity index (χ1v) is 12.5. The number of hydrogen-bond donors (Lipinski definition) is 2. The van der Waals surface area contributed by atoms with Crippen molar-refractivity contribution < 1.29 is 27.4 Å². The molecule has 0 aliphatic heterocycles. The largest absolute Gasteiger partial charge is 0.462 e. The van der Waals surface area contributed by atoms with Crippen LogP contribution in [0.3, 0.4) is 0 Å². The Balaban J connectivity index is 1.59. The lowest BCUT2D eigenvalue weighted by molar-refractivity contribution is 0.0521.